The third-order valence-corrected chi connectivity index (χ3v) is 4.81. The average Bonchev–Trinajstić information content (AvgIpc) is 2.71. The van der Waals surface area contributed by atoms with Crippen molar-refractivity contribution in [1.82, 2.24) is 0 Å². The SMILES string of the molecule is Cc1ccc(C)c(C(=O)N(c2cccc(C(F)(F)F)c2)c2ccccc2C(=O)O)c1O. The Balaban J connectivity index is 2.31. The number of alkyl halides is 3. The summed E-state index contributed by atoms with van der Waals surface area (Å²) in [4.78, 5) is 26.2. The molecule has 0 atom stereocenters. The van der Waals surface area contributed by atoms with E-state index in [0.29, 0.717) is 11.1 Å². The molecular weight excluding hydrogens is 411 g/mol. The predicted octanol–water partition coefficient (Wildman–Crippen LogP) is 5.70. The zero-order chi connectivity index (χ0) is 22.9. The molecule has 0 bridgehead atoms. The number of para-hydroxylation sites is 1. The third-order valence-electron chi connectivity index (χ3n) is 4.81. The summed E-state index contributed by atoms with van der Waals surface area (Å²) in [6.07, 6.45) is -4.67. The molecule has 2 N–H and O–H groups in total. The lowest BCUT2D eigenvalue weighted by Crippen LogP contribution is -2.29. The zero-order valence-corrected chi connectivity index (χ0v) is 16.6. The van der Waals surface area contributed by atoms with Crippen molar-refractivity contribution < 1.29 is 33.0 Å². The molecule has 0 spiro atoms. The number of amides is 1. The summed E-state index contributed by atoms with van der Waals surface area (Å²) in [5, 5.41) is 20.1. The largest absolute Gasteiger partial charge is 0.507 e. The highest BCUT2D eigenvalue weighted by Gasteiger charge is 2.33. The Morgan fingerprint density at radius 3 is 2.19 bits per heavy atom. The molecule has 0 aliphatic rings. The van der Waals surface area contributed by atoms with Gasteiger partial charge in [-0.1, -0.05) is 30.3 Å². The highest BCUT2D eigenvalue weighted by molar-refractivity contribution is 6.15. The quantitative estimate of drug-likeness (QED) is 0.557. The van der Waals surface area contributed by atoms with Crippen LogP contribution in [0.1, 0.15) is 37.4 Å². The van der Waals surface area contributed by atoms with Crippen LogP contribution in [0.5, 0.6) is 5.75 Å². The lowest BCUT2D eigenvalue weighted by Gasteiger charge is -2.26. The fourth-order valence-corrected chi connectivity index (χ4v) is 3.21. The number of benzene rings is 3. The van der Waals surface area contributed by atoms with Crippen LogP contribution in [0.2, 0.25) is 0 Å². The van der Waals surface area contributed by atoms with Gasteiger partial charge in [0.1, 0.15) is 5.75 Å². The molecule has 5 nitrogen and oxygen atoms in total. The number of nitrogens with zero attached hydrogens (tertiary/aromatic N) is 1. The van der Waals surface area contributed by atoms with Crippen LogP contribution >= 0.6 is 0 Å². The first kappa shape index (κ1) is 21.9. The Kier molecular flexibility index (Phi) is 5.75. The topological polar surface area (TPSA) is 77.8 Å². The number of phenolic OH excluding ortho intramolecular Hbond substituents is 1. The Hall–Kier alpha value is -3.81. The van der Waals surface area contributed by atoms with Crippen molar-refractivity contribution in [2.45, 2.75) is 20.0 Å². The van der Waals surface area contributed by atoms with Crippen LogP contribution in [-0.4, -0.2) is 22.1 Å². The number of aromatic carboxylic acids is 1. The number of carboxylic acids is 1. The molecule has 0 aliphatic heterocycles. The van der Waals surface area contributed by atoms with E-state index < -0.39 is 23.6 Å². The summed E-state index contributed by atoms with van der Waals surface area (Å²) in [5.74, 6) is -2.54. The van der Waals surface area contributed by atoms with Crippen molar-refractivity contribution in [3.63, 3.8) is 0 Å². The summed E-state index contributed by atoms with van der Waals surface area (Å²) in [6.45, 7) is 3.14. The highest BCUT2D eigenvalue weighted by atomic mass is 19.4. The van der Waals surface area contributed by atoms with Crippen molar-refractivity contribution >= 4 is 23.3 Å². The molecule has 0 saturated carbocycles. The minimum Gasteiger partial charge on any atom is -0.507 e. The number of rotatable bonds is 4. The summed E-state index contributed by atoms with van der Waals surface area (Å²) >= 11 is 0. The lowest BCUT2D eigenvalue weighted by atomic mass is 10.0. The maximum Gasteiger partial charge on any atom is 0.416 e. The maximum absolute atomic E-state index is 13.6. The van der Waals surface area contributed by atoms with Gasteiger partial charge in [0.05, 0.1) is 22.4 Å². The van der Waals surface area contributed by atoms with E-state index in [4.69, 9.17) is 0 Å². The van der Waals surface area contributed by atoms with Crippen molar-refractivity contribution in [3.05, 3.63) is 88.5 Å². The van der Waals surface area contributed by atoms with Crippen molar-refractivity contribution in [3.8, 4) is 5.75 Å². The number of halogens is 3. The van der Waals surface area contributed by atoms with Gasteiger partial charge in [-0.25, -0.2) is 4.79 Å². The monoisotopic (exact) mass is 429 g/mol. The molecule has 0 saturated heterocycles. The van der Waals surface area contributed by atoms with Gasteiger partial charge in [0.2, 0.25) is 0 Å². The molecular formula is C23H18F3NO4. The lowest BCUT2D eigenvalue weighted by molar-refractivity contribution is -0.137. The van der Waals surface area contributed by atoms with Gasteiger partial charge in [-0.05, 0) is 55.3 Å². The van der Waals surface area contributed by atoms with E-state index in [1.165, 1.54) is 30.3 Å². The molecule has 160 valence electrons. The second-order valence-corrected chi connectivity index (χ2v) is 6.93. The van der Waals surface area contributed by atoms with Gasteiger partial charge in [0.15, 0.2) is 0 Å². The Bertz CT molecular complexity index is 1170. The van der Waals surface area contributed by atoms with Crippen LogP contribution in [-0.2, 0) is 6.18 Å². The number of carbonyl (C=O) groups is 2. The molecule has 3 rings (SSSR count). The first-order valence-corrected chi connectivity index (χ1v) is 9.15. The molecule has 8 heteroatoms. The number of carbonyl (C=O) groups excluding carboxylic acids is 1. The molecule has 0 heterocycles. The fourth-order valence-electron chi connectivity index (χ4n) is 3.21. The molecule has 3 aromatic rings. The molecule has 1 amide bonds. The zero-order valence-electron chi connectivity index (χ0n) is 16.6. The van der Waals surface area contributed by atoms with Crippen molar-refractivity contribution in [1.29, 1.82) is 0 Å². The molecule has 0 fully saturated rings. The minimum atomic E-state index is -4.67. The van der Waals surface area contributed by atoms with E-state index in [-0.39, 0.29) is 28.3 Å². The van der Waals surface area contributed by atoms with E-state index in [2.05, 4.69) is 0 Å². The standard InChI is InChI=1S/C23H18F3NO4/c1-13-10-11-14(2)20(28)19(13)21(29)27(18-9-4-3-8-17(18)22(30)31)16-7-5-6-15(12-16)23(24,25)26/h3-12,28H,1-2H3,(H,30,31). The molecule has 0 aromatic heterocycles. The van der Waals surface area contributed by atoms with Crippen LogP contribution in [0.15, 0.2) is 60.7 Å². The molecule has 0 unspecified atom stereocenters. The van der Waals surface area contributed by atoms with Crippen molar-refractivity contribution in [2.75, 3.05) is 4.90 Å². The summed E-state index contributed by atoms with van der Waals surface area (Å²) in [6, 6.07) is 12.7. The number of carboxylic acid groups (broad SMARTS) is 1. The molecule has 0 radical (unpaired) electrons. The van der Waals surface area contributed by atoms with Crippen LogP contribution < -0.4 is 4.90 Å². The van der Waals surface area contributed by atoms with Crippen LogP contribution in [0.4, 0.5) is 24.5 Å². The number of aryl methyl sites for hydroxylation is 2. The van der Waals surface area contributed by atoms with Gasteiger partial charge < -0.3 is 10.2 Å². The van der Waals surface area contributed by atoms with E-state index in [0.717, 1.165) is 23.1 Å². The number of anilines is 2. The normalized spacial score (nSPS) is 11.3. The van der Waals surface area contributed by atoms with Crippen LogP contribution in [0, 0.1) is 13.8 Å². The Labute approximate surface area is 176 Å². The molecule has 31 heavy (non-hydrogen) atoms. The van der Waals surface area contributed by atoms with Crippen LogP contribution in [0.25, 0.3) is 0 Å². The van der Waals surface area contributed by atoms with Gasteiger partial charge in [0, 0.05) is 5.69 Å². The van der Waals surface area contributed by atoms with E-state index in [1.54, 1.807) is 26.0 Å². The van der Waals surface area contributed by atoms with E-state index in [1.807, 2.05) is 0 Å². The Morgan fingerprint density at radius 2 is 1.55 bits per heavy atom. The van der Waals surface area contributed by atoms with Crippen LogP contribution in [0.3, 0.4) is 0 Å². The second-order valence-electron chi connectivity index (χ2n) is 6.93. The van der Waals surface area contributed by atoms with Gasteiger partial charge in [-0.2, -0.15) is 13.2 Å². The summed E-state index contributed by atoms with van der Waals surface area (Å²) in [7, 11) is 0. The minimum absolute atomic E-state index is 0.125. The average molecular weight is 429 g/mol. The Morgan fingerprint density at radius 1 is 0.903 bits per heavy atom. The van der Waals surface area contributed by atoms with Gasteiger partial charge in [0.25, 0.3) is 5.91 Å². The fraction of sp³-hybridized carbons (Fsp3) is 0.130. The van der Waals surface area contributed by atoms with Gasteiger partial charge in [-0.3, -0.25) is 9.69 Å². The van der Waals surface area contributed by atoms with Crippen molar-refractivity contribution in [2.24, 2.45) is 0 Å². The number of hydrogen-bond donors (Lipinski definition) is 2. The molecule has 0 aliphatic carbocycles. The number of aromatic hydroxyl groups is 1. The number of hydrogen-bond acceptors (Lipinski definition) is 3. The molecule has 3 aromatic carbocycles. The highest BCUT2D eigenvalue weighted by Crippen LogP contribution is 2.37. The van der Waals surface area contributed by atoms with E-state index >= 15 is 0 Å². The van der Waals surface area contributed by atoms with Gasteiger partial charge in [-0.15, -0.1) is 0 Å². The third kappa shape index (κ3) is 4.23. The summed E-state index contributed by atoms with van der Waals surface area (Å²) < 4.78 is 39.9. The maximum atomic E-state index is 13.6. The van der Waals surface area contributed by atoms with Gasteiger partial charge >= 0.3 is 12.1 Å². The summed E-state index contributed by atoms with van der Waals surface area (Å²) in [5.41, 5.74) is -0.938. The first-order chi connectivity index (χ1) is 14.5. The smallest absolute Gasteiger partial charge is 0.416 e. The first-order valence-electron chi connectivity index (χ1n) is 9.15. The second kappa shape index (κ2) is 8.14. The predicted molar refractivity (Wildman–Crippen MR) is 109 cm³/mol. The van der Waals surface area contributed by atoms with E-state index in [9.17, 15) is 33.0 Å². The number of phenols is 1.